The molecule has 0 saturated carbocycles. The van der Waals surface area contributed by atoms with Gasteiger partial charge in [-0.15, -0.1) is 0 Å². The van der Waals surface area contributed by atoms with Crippen LogP contribution in [-0.2, 0) is 19.5 Å². The number of carboxylic acid groups (broad SMARTS) is 1. The van der Waals surface area contributed by atoms with Crippen LogP contribution in [0.3, 0.4) is 0 Å². The van der Waals surface area contributed by atoms with Gasteiger partial charge in [0, 0.05) is 0 Å². The monoisotopic (exact) mass is 346 g/mol. The molecule has 0 bridgehead atoms. The highest BCUT2D eigenvalue weighted by atomic mass is 35.5. The topological polar surface area (TPSA) is 131 Å². The predicted octanol–water partition coefficient (Wildman–Crippen LogP) is 0.736. The zero-order chi connectivity index (χ0) is 16.1. The maximum absolute atomic E-state index is 11.4. The molecule has 1 fully saturated rings. The molecule has 2 heterocycles. The second-order valence-electron chi connectivity index (χ2n) is 4.75. The molecule has 10 heteroatoms. The summed E-state index contributed by atoms with van der Waals surface area (Å²) in [6.07, 6.45) is 1.49. The van der Waals surface area contributed by atoms with Gasteiger partial charge in [0.25, 0.3) is 0 Å². The third-order valence-corrected chi connectivity index (χ3v) is 4.54. The van der Waals surface area contributed by atoms with Crippen molar-refractivity contribution in [2.45, 2.75) is 17.3 Å². The Kier molecular flexibility index (Phi) is 3.52. The molecule has 0 aromatic heterocycles. The molecule has 1 aromatic carbocycles. The second kappa shape index (κ2) is 5.13. The van der Waals surface area contributed by atoms with E-state index in [1.807, 2.05) is 0 Å². The average Bonchev–Trinajstić information content (AvgIpc) is 3.01. The standard InChI is InChI=1S/C12H11ClN2O6S/c13-7-3-8(15-4-5-1-9-12(20-5)21-9)6(11(16)17)2-10(7)22(14,18)19/h1-3,9,12,15H,4H2,(H,16,17)(H2,14,18,19). The lowest BCUT2D eigenvalue weighted by atomic mass is 10.1. The Bertz CT molecular complexity index is 791. The molecule has 2 aliphatic heterocycles. The van der Waals surface area contributed by atoms with Gasteiger partial charge in [-0.25, -0.2) is 18.4 Å². The van der Waals surface area contributed by atoms with Gasteiger partial charge in [-0.3, -0.25) is 0 Å². The van der Waals surface area contributed by atoms with E-state index in [9.17, 15) is 18.3 Å². The van der Waals surface area contributed by atoms with Crippen molar-refractivity contribution in [3.8, 4) is 0 Å². The van der Waals surface area contributed by atoms with E-state index in [0.717, 1.165) is 6.07 Å². The van der Waals surface area contributed by atoms with Crippen LogP contribution in [0.15, 0.2) is 28.9 Å². The third kappa shape index (κ3) is 2.88. The molecule has 2 unspecified atom stereocenters. The van der Waals surface area contributed by atoms with Crippen LogP contribution >= 0.6 is 11.6 Å². The first-order valence-corrected chi connectivity index (χ1v) is 8.04. The molecular weight excluding hydrogens is 336 g/mol. The molecule has 8 nitrogen and oxygen atoms in total. The Morgan fingerprint density at radius 3 is 2.73 bits per heavy atom. The number of hydrogen-bond acceptors (Lipinski definition) is 6. The number of primary sulfonamides is 1. The van der Waals surface area contributed by atoms with Crippen LogP contribution in [0.2, 0.25) is 5.02 Å². The number of aromatic carboxylic acids is 1. The summed E-state index contributed by atoms with van der Waals surface area (Å²) in [6.45, 7) is 0.224. The van der Waals surface area contributed by atoms with Crippen LogP contribution in [0.25, 0.3) is 0 Å². The summed E-state index contributed by atoms with van der Waals surface area (Å²) in [5.74, 6) is -0.694. The first-order chi connectivity index (χ1) is 10.3. The summed E-state index contributed by atoms with van der Waals surface area (Å²) in [7, 11) is -4.11. The van der Waals surface area contributed by atoms with Gasteiger partial charge in [0.15, 0.2) is 0 Å². The first kappa shape index (κ1) is 15.1. The third-order valence-electron chi connectivity index (χ3n) is 3.16. The molecule has 0 spiro atoms. The summed E-state index contributed by atoms with van der Waals surface area (Å²) in [5.41, 5.74) is -0.0932. The highest BCUT2D eigenvalue weighted by molar-refractivity contribution is 7.89. The van der Waals surface area contributed by atoms with E-state index < -0.39 is 20.9 Å². The average molecular weight is 347 g/mol. The molecule has 2 atom stereocenters. The highest BCUT2D eigenvalue weighted by Gasteiger charge is 2.45. The number of carbonyl (C=O) groups is 1. The zero-order valence-corrected chi connectivity index (χ0v) is 12.5. The minimum Gasteiger partial charge on any atom is -0.478 e. The number of epoxide rings is 1. The SMILES string of the molecule is NS(=O)(=O)c1cc(C(=O)O)c(NCC2=CC3OC3O2)cc1Cl. The van der Waals surface area contributed by atoms with Crippen LogP contribution < -0.4 is 10.5 Å². The second-order valence-corrected chi connectivity index (χ2v) is 6.69. The number of anilines is 1. The van der Waals surface area contributed by atoms with E-state index in [1.165, 1.54) is 6.07 Å². The van der Waals surface area contributed by atoms with Crippen molar-refractivity contribution >= 4 is 33.3 Å². The molecular formula is C12H11ClN2O6S. The Morgan fingerprint density at radius 2 is 2.18 bits per heavy atom. The molecule has 2 aliphatic rings. The first-order valence-electron chi connectivity index (χ1n) is 6.12. The van der Waals surface area contributed by atoms with Crippen molar-refractivity contribution in [3.05, 3.63) is 34.6 Å². The number of hydrogen-bond donors (Lipinski definition) is 3. The number of carboxylic acids is 1. The number of halogens is 1. The lowest BCUT2D eigenvalue weighted by Gasteiger charge is -2.13. The largest absolute Gasteiger partial charge is 0.478 e. The van der Waals surface area contributed by atoms with Crippen LogP contribution in [0, 0.1) is 0 Å². The van der Waals surface area contributed by atoms with Gasteiger partial charge in [-0.1, -0.05) is 11.6 Å². The fourth-order valence-electron chi connectivity index (χ4n) is 2.07. The number of nitrogens with one attached hydrogen (secondary N) is 1. The van der Waals surface area contributed by atoms with Crippen LogP contribution in [0.1, 0.15) is 10.4 Å². The van der Waals surface area contributed by atoms with Crippen LogP contribution in [-0.4, -0.2) is 38.4 Å². The van der Waals surface area contributed by atoms with Crippen molar-refractivity contribution < 1.29 is 27.8 Å². The Morgan fingerprint density at radius 1 is 1.45 bits per heavy atom. The van der Waals surface area contributed by atoms with Gasteiger partial charge in [-0.2, -0.15) is 0 Å². The van der Waals surface area contributed by atoms with Crippen molar-refractivity contribution in [3.63, 3.8) is 0 Å². The van der Waals surface area contributed by atoms with E-state index in [0.29, 0.717) is 5.76 Å². The lowest BCUT2D eigenvalue weighted by Crippen LogP contribution is -2.16. The van der Waals surface area contributed by atoms with Crippen molar-refractivity contribution in [2.75, 3.05) is 11.9 Å². The van der Waals surface area contributed by atoms with Crippen molar-refractivity contribution in [2.24, 2.45) is 5.14 Å². The minimum atomic E-state index is -4.11. The maximum Gasteiger partial charge on any atom is 0.337 e. The molecule has 0 radical (unpaired) electrons. The molecule has 118 valence electrons. The van der Waals surface area contributed by atoms with Crippen LogP contribution in [0.5, 0.6) is 0 Å². The number of nitrogens with two attached hydrogens (primary N) is 1. The number of ether oxygens (including phenoxy) is 2. The van der Waals surface area contributed by atoms with Crippen LogP contribution in [0.4, 0.5) is 5.69 Å². The fraction of sp³-hybridized carbons (Fsp3) is 0.250. The zero-order valence-electron chi connectivity index (χ0n) is 10.9. The van der Waals surface area contributed by atoms with Crippen molar-refractivity contribution in [1.82, 2.24) is 0 Å². The Balaban J connectivity index is 1.87. The van der Waals surface area contributed by atoms with Gasteiger partial charge in [-0.05, 0) is 18.2 Å². The molecule has 0 aliphatic carbocycles. The predicted molar refractivity (Wildman–Crippen MR) is 76.1 cm³/mol. The molecule has 1 aromatic rings. The highest BCUT2D eigenvalue weighted by Crippen LogP contribution is 2.35. The number of rotatable bonds is 5. The van der Waals surface area contributed by atoms with Gasteiger partial charge in [0.1, 0.15) is 16.8 Å². The quantitative estimate of drug-likeness (QED) is 0.670. The maximum atomic E-state index is 11.4. The smallest absolute Gasteiger partial charge is 0.337 e. The van der Waals surface area contributed by atoms with E-state index in [1.54, 1.807) is 6.08 Å². The summed E-state index contributed by atoms with van der Waals surface area (Å²) < 4.78 is 33.2. The number of benzene rings is 1. The Labute approximate surface area is 130 Å². The van der Waals surface area contributed by atoms with E-state index in [2.05, 4.69) is 5.32 Å². The van der Waals surface area contributed by atoms with E-state index >= 15 is 0 Å². The number of fused-ring (bicyclic) bond motifs is 1. The van der Waals surface area contributed by atoms with Gasteiger partial charge >= 0.3 is 5.97 Å². The molecule has 3 rings (SSSR count). The molecule has 1 saturated heterocycles. The molecule has 4 N–H and O–H groups in total. The molecule has 22 heavy (non-hydrogen) atoms. The minimum absolute atomic E-state index is 0.0379. The summed E-state index contributed by atoms with van der Waals surface area (Å²) in [5, 5.41) is 16.9. The Hall–Kier alpha value is -1.81. The number of sulfonamides is 1. The van der Waals surface area contributed by atoms with Gasteiger partial charge < -0.3 is 19.9 Å². The van der Waals surface area contributed by atoms with E-state index in [4.69, 9.17) is 26.2 Å². The van der Waals surface area contributed by atoms with Crippen molar-refractivity contribution in [1.29, 1.82) is 0 Å². The summed E-state index contributed by atoms with van der Waals surface area (Å²) in [4.78, 5) is 10.8. The summed E-state index contributed by atoms with van der Waals surface area (Å²) in [6, 6.07) is 2.13. The fourth-order valence-corrected chi connectivity index (χ4v) is 3.17. The lowest BCUT2D eigenvalue weighted by molar-refractivity contribution is 0.0697. The normalized spacial score (nSPS) is 22.5. The summed E-state index contributed by atoms with van der Waals surface area (Å²) >= 11 is 5.86. The van der Waals surface area contributed by atoms with Gasteiger partial charge in [0.05, 0.1) is 22.8 Å². The van der Waals surface area contributed by atoms with E-state index in [-0.39, 0.29) is 35.2 Å². The van der Waals surface area contributed by atoms with Gasteiger partial charge in [0.2, 0.25) is 16.3 Å². The molecule has 0 amide bonds.